The molecule has 1 N–H and O–H groups in total. The van der Waals surface area contributed by atoms with Crippen LogP contribution in [0.25, 0.3) is 0 Å². The summed E-state index contributed by atoms with van der Waals surface area (Å²) in [7, 11) is 0. The van der Waals surface area contributed by atoms with Crippen LogP contribution in [0.2, 0.25) is 0 Å². The van der Waals surface area contributed by atoms with Crippen LogP contribution >= 0.6 is 0 Å². The zero-order valence-electron chi connectivity index (χ0n) is 15.2. The molecule has 1 saturated carbocycles. The lowest BCUT2D eigenvalue weighted by Gasteiger charge is -2.35. The molecule has 1 aromatic heterocycles. The van der Waals surface area contributed by atoms with Crippen LogP contribution in [0.1, 0.15) is 61.3 Å². The summed E-state index contributed by atoms with van der Waals surface area (Å²) >= 11 is 0. The first kappa shape index (κ1) is 18.1. The maximum atomic E-state index is 13.1. The lowest BCUT2D eigenvalue weighted by Crippen LogP contribution is -2.40. The maximum absolute atomic E-state index is 13.1. The van der Waals surface area contributed by atoms with E-state index < -0.39 is 12.0 Å². The molecule has 7 heteroatoms. The summed E-state index contributed by atoms with van der Waals surface area (Å²) in [5, 5.41) is 13.8. The number of benzene rings is 1. The van der Waals surface area contributed by atoms with Crippen molar-refractivity contribution in [3.8, 4) is 0 Å². The molecule has 1 aliphatic heterocycles. The number of hydrogen-bond donors (Lipinski definition) is 1. The molecular weight excluding hydrogens is 349 g/mol. The van der Waals surface area contributed by atoms with Gasteiger partial charge in [-0.25, -0.2) is 4.39 Å². The normalized spacial score (nSPS) is 20.3. The molecule has 2 heterocycles. The van der Waals surface area contributed by atoms with Crippen molar-refractivity contribution in [3.05, 3.63) is 47.4 Å². The van der Waals surface area contributed by atoms with Gasteiger partial charge in [0.15, 0.2) is 5.82 Å². The molecule has 27 heavy (non-hydrogen) atoms. The van der Waals surface area contributed by atoms with Crippen molar-refractivity contribution >= 4 is 5.97 Å². The monoisotopic (exact) mass is 373 g/mol. The highest BCUT2D eigenvalue weighted by molar-refractivity contribution is 5.75. The van der Waals surface area contributed by atoms with Crippen molar-refractivity contribution in [2.75, 3.05) is 13.1 Å². The van der Waals surface area contributed by atoms with Crippen LogP contribution in [0.3, 0.4) is 0 Å². The molecule has 1 atom stereocenters. The van der Waals surface area contributed by atoms with Crippen molar-refractivity contribution in [1.82, 2.24) is 15.0 Å². The molecule has 1 saturated heterocycles. The molecule has 0 radical (unpaired) electrons. The van der Waals surface area contributed by atoms with E-state index in [2.05, 4.69) is 10.1 Å². The Labute approximate surface area is 157 Å². The Kier molecular flexibility index (Phi) is 5.20. The zero-order chi connectivity index (χ0) is 18.8. The first-order valence-electron chi connectivity index (χ1n) is 9.65. The number of halogens is 1. The van der Waals surface area contributed by atoms with E-state index in [0.29, 0.717) is 36.4 Å². The molecule has 0 amide bonds. The maximum Gasteiger partial charge on any atom is 0.325 e. The van der Waals surface area contributed by atoms with Gasteiger partial charge in [0.05, 0.1) is 0 Å². The molecule has 4 rings (SSSR count). The van der Waals surface area contributed by atoms with Gasteiger partial charge in [-0.2, -0.15) is 4.98 Å². The molecule has 0 spiro atoms. The standard InChI is InChI=1S/C20H24FN3O3/c21-16-6-4-14(5-7-16)18(20(25)26)24-10-8-13(9-11-24)12-17-22-19(23-27-17)15-2-1-3-15/h4-7,13,15,18H,1-3,8-12H2,(H,25,26). The summed E-state index contributed by atoms with van der Waals surface area (Å²) in [5.41, 5.74) is 0.615. The van der Waals surface area contributed by atoms with E-state index in [9.17, 15) is 14.3 Å². The number of aliphatic carboxylic acids is 1. The molecular formula is C20H24FN3O3. The van der Waals surface area contributed by atoms with E-state index in [1.54, 1.807) is 12.1 Å². The Hall–Kier alpha value is -2.28. The minimum atomic E-state index is -0.901. The van der Waals surface area contributed by atoms with E-state index >= 15 is 0 Å². The van der Waals surface area contributed by atoms with Gasteiger partial charge in [-0.05, 0) is 62.4 Å². The minimum absolute atomic E-state index is 0.359. The van der Waals surface area contributed by atoms with Crippen LogP contribution in [0.4, 0.5) is 4.39 Å². The van der Waals surface area contributed by atoms with Crippen LogP contribution in [0.15, 0.2) is 28.8 Å². The molecule has 2 aliphatic rings. The Morgan fingerprint density at radius 1 is 1.22 bits per heavy atom. The average molecular weight is 373 g/mol. The number of carboxylic acids is 1. The number of hydrogen-bond acceptors (Lipinski definition) is 5. The predicted octanol–water partition coefficient (Wildman–Crippen LogP) is 3.56. The molecule has 1 aliphatic carbocycles. The van der Waals surface area contributed by atoms with Gasteiger partial charge in [-0.15, -0.1) is 0 Å². The van der Waals surface area contributed by atoms with E-state index in [1.807, 2.05) is 4.90 Å². The molecule has 0 bridgehead atoms. The van der Waals surface area contributed by atoms with E-state index in [1.165, 1.54) is 18.6 Å². The van der Waals surface area contributed by atoms with Crippen LogP contribution in [-0.2, 0) is 11.2 Å². The number of nitrogens with zero attached hydrogens (tertiary/aromatic N) is 3. The SMILES string of the molecule is O=C(O)C(c1ccc(F)cc1)N1CCC(Cc2nc(C3CCC3)no2)CC1. The summed E-state index contributed by atoms with van der Waals surface area (Å²) in [6, 6.07) is 5.00. The quantitative estimate of drug-likeness (QED) is 0.834. The van der Waals surface area contributed by atoms with E-state index in [-0.39, 0.29) is 5.82 Å². The fourth-order valence-corrected chi connectivity index (χ4v) is 4.00. The highest BCUT2D eigenvalue weighted by atomic mass is 19.1. The predicted molar refractivity (Wildman–Crippen MR) is 95.7 cm³/mol. The van der Waals surface area contributed by atoms with Crippen molar-refractivity contribution in [2.45, 2.75) is 50.5 Å². The Bertz CT molecular complexity index is 780. The van der Waals surface area contributed by atoms with Crippen LogP contribution in [-0.4, -0.2) is 39.2 Å². The van der Waals surface area contributed by atoms with Crippen LogP contribution in [0, 0.1) is 11.7 Å². The second-order valence-electron chi connectivity index (χ2n) is 7.65. The number of likely N-dealkylation sites (tertiary alicyclic amines) is 1. The molecule has 1 unspecified atom stereocenters. The fourth-order valence-electron chi connectivity index (χ4n) is 4.00. The highest BCUT2D eigenvalue weighted by Gasteiger charge is 2.32. The smallest absolute Gasteiger partial charge is 0.325 e. The summed E-state index contributed by atoms with van der Waals surface area (Å²) < 4.78 is 18.6. The summed E-state index contributed by atoms with van der Waals surface area (Å²) in [4.78, 5) is 18.3. The van der Waals surface area contributed by atoms with Crippen molar-refractivity contribution in [2.24, 2.45) is 5.92 Å². The number of carboxylic acid groups (broad SMARTS) is 1. The molecule has 2 fully saturated rings. The molecule has 2 aromatic rings. The molecule has 6 nitrogen and oxygen atoms in total. The summed E-state index contributed by atoms with van der Waals surface area (Å²) in [5.74, 6) is 1.17. The van der Waals surface area contributed by atoms with Crippen molar-refractivity contribution in [3.63, 3.8) is 0 Å². The Morgan fingerprint density at radius 2 is 1.93 bits per heavy atom. The van der Waals surface area contributed by atoms with Gasteiger partial charge in [-0.3, -0.25) is 9.69 Å². The Morgan fingerprint density at radius 3 is 2.52 bits per heavy atom. The van der Waals surface area contributed by atoms with Gasteiger partial charge < -0.3 is 9.63 Å². The van der Waals surface area contributed by atoms with Gasteiger partial charge in [0.1, 0.15) is 11.9 Å². The number of carbonyl (C=O) groups is 1. The lowest BCUT2D eigenvalue weighted by atomic mass is 9.85. The highest BCUT2D eigenvalue weighted by Crippen LogP contribution is 2.35. The summed E-state index contributed by atoms with van der Waals surface area (Å²) in [6.45, 7) is 1.37. The number of piperidine rings is 1. The second-order valence-corrected chi connectivity index (χ2v) is 7.65. The topological polar surface area (TPSA) is 79.5 Å². The van der Waals surface area contributed by atoms with Gasteiger partial charge >= 0.3 is 5.97 Å². The zero-order valence-corrected chi connectivity index (χ0v) is 15.2. The van der Waals surface area contributed by atoms with Crippen molar-refractivity contribution in [1.29, 1.82) is 0 Å². The third-order valence-electron chi connectivity index (χ3n) is 5.85. The van der Waals surface area contributed by atoms with Crippen LogP contribution in [0.5, 0.6) is 0 Å². The minimum Gasteiger partial charge on any atom is -0.480 e. The summed E-state index contributed by atoms with van der Waals surface area (Å²) in [6.07, 6.45) is 6.06. The van der Waals surface area contributed by atoms with Gasteiger partial charge in [0, 0.05) is 12.3 Å². The third-order valence-corrected chi connectivity index (χ3v) is 5.85. The first-order valence-corrected chi connectivity index (χ1v) is 9.65. The van der Waals surface area contributed by atoms with Gasteiger partial charge in [0.25, 0.3) is 0 Å². The molecule has 1 aromatic carbocycles. The fraction of sp³-hybridized carbons (Fsp3) is 0.550. The van der Waals surface area contributed by atoms with Crippen molar-refractivity contribution < 1.29 is 18.8 Å². The lowest BCUT2D eigenvalue weighted by molar-refractivity contribution is -0.144. The first-order chi connectivity index (χ1) is 13.1. The van der Waals surface area contributed by atoms with Gasteiger partial charge in [0.2, 0.25) is 5.89 Å². The Balaban J connectivity index is 1.35. The molecule has 144 valence electrons. The third kappa shape index (κ3) is 4.03. The van der Waals surface area contributed by atoms with E-state index in [0.717, 1.165) is 37.9 Å². The van der Waals surface area contributed by atoms with Crippen LogP contribution < -0.4 is 0 Å². The number of rotatable bonds is 6. The average Bonchev–Trinajstić information content (AvgIpc) is 3.04. The van der Waals surface area contributed by atoms with E-state index in [4.69, 9.17) is 4.52 Å². The number of aromatic nitrogens is 2. The van der Waals surface area contributed by atoms with Gasteiger partial charge in [-0.1, -0.05) is 23.7 Å². The largest absolute Gasteiger partial charge is 0.480 e. The second kappa shape index (κ2) is 7.76.